The molecular weight excluding hydrogens is 420 g/mol. The number of hydrogen-bond acceptors (Lipinski definition) is 0. The Bertz CT molecular complexity index is 1460. The largest absolute Gasteiger partial charge is 0.0729 e. The Hall–Kier alpha value is -3.38. The van der Waals surface area contributed by atoms with Gasteiger partial charge in [-0.25, -0.2) is 0 Å². The molecule has 2 unspecified atom stereocenters. The lowest BCUT2D eigenvalue weighted by molar-refractivity contribution is 0.358. The number of fused-ring (bicyclic) bond motifs is 3. The second kappa shape index (κ2) is 9.00. The Morgan fingerprint density at radius 3 is 2.23 bits per heavy atom. The average molecular weight is 455 g/mol. The Balaban J connectivity index is 1.39. The first-order valence-electron chi connectivity index (χ1n) is 13.3. The topological polar surface area (TPSA) is 0 Å². The Kier molecular flexibility index (Phi) is 5.69. The van der Waals surface area contributed by atoms with E-state index in [9.17, 15) is 0 Å². The van der Waals surface area contributed by atoms with E-state index in [1.807, 2.05) is 0 Å². The van der Waals surface area contributed by atoms with Crippen LogP contribution in [0.4, 0.5) is 0 Å². The third-order valence-corrected chi connectivity index (χ3v) is 8.86. The first kappa shape index (κ1) is 22.1. The van der Waals surface area contributed by atoms with Gasteiger partial charge in [0.1, 0.15) is 0 Å². The van der Waals surface area contributed by atoms with Gasteiger partial charge in [-0.1, -0.05) is 129 Å². The first-order valence-corrected chi connectivity index (χ1v) is 13.3. The van der Waals surface area contributed by atoms with Crippen molar-refractivity contribution in [2.24, 2.45) is 5.92 Å². The van der Waals surface area contributed by atoms with Gasteiger partial charge in [0.2, 0.25) is 0 Å². The average Bonchev–Trinajstić information content (AvgIpc) is 3.46. The zero-order chi connectivity index (χ0) is 23.8. The molecule has 0 spiro atoms. The van der Waals surface area contributed by atoms with Crippen LogP contribution < -0.4 is 10.4 Å². The van der Waals surface area contributed by atoms with Crippen molar-refractivity contribution in [3.8, 4) is 0 Å². The molecule has 0 heterocycles. The summed E-state index contributed by atoms with van der Waals surface area (Å²) in [4.78, 5) is 0. The van der Waals surface area contributed by atoms with E-state index in [4.69, 9.17) is 0 Å². The van der Waals surface area contributed by atoms with Gasteiger partial charge in [-0.3, -0.25) is 0 Å². The second-order valence-corrected chi connectivity index (χ2v) is 10.2. The lowest BCUT2D eigenvalue weighted by Gasteiger charge is -2.38. The number of benzene rings is 3. The maximum Gasteiger partial charge on any atom is 0.0246 e. The van der Waals surface area contributed by atoms with Crippen molar-refractivity contribution in [3.63, 3.8) is 0 Å². The van der Waals surface area contributed by atoms with Crippen molar-refractivity contribution in [3.05, 3.63) is 136 Å². The molecule has 0 bridgehead atoms. The SMILES string of the molecule is CCC(CC)(c1ccccc1)C1C=C(CCC2=c3ccccc3=C3C=CC=CC32)c2ccccc21. The highest BCUT2D eigenvalue weighted by molar-refractivity contribution is 5.82. The van der Waals surface area contributed by atoms with Crippen LogP contribution in [0.1, 0.15) is 62.1 Å². The van der Waals surface area contributed by atoms with Crippen LogP contribution in [-0.4, -0.2) is 0 Å². The molecule has 0 heteroatoms. The lowest BCUT2D eigenvalue weighted by atomic mass is 9.65. The molecule has 3 aromatic carbocycles. The van der Waals surface area contributed by atoms with E-state index in [1.165, 1.54) is 38.3 Å². The van der Waals surface area contributed by atoms with Crippen molar-refractivity contribution in [1.29, 1.82) is 0 Å². The highest BCUT2D eigenvalue weighted by Crippen LogP contribution is 2.52. The van der Waals surface area contributed by atoms with Crippen LogP contribution in [0.3, 0.4) is 0 Å². The molecular formula is C35H34. The maximum atomic E-state index is 2.63. The Morgan fingerprint density at radius 1 is 0.714 bits per heavy atom. The summed E-state index contributed by atoms with van der Waals surface area (Å²) < 4.78 is 0. The second-order valence-electron chi connectivity index (χ2n) is 10.2. The van der Waals surface area contributed by atoms with Gasteiger partial charge in [0.05, 0.1) is 0 Å². The molecule has 0 fully saturated rings. The van der Waals surface area contributed by atoms with Crippen molar-refractivity contribution >= 4 is 16.7 Å². The van der Waals surface area contributed by atoms with E-state index in [-0.39, 0.29) is 5.41 Å². The summed E-state index contributed by atoms with van der Waals surface area (Å²) in [6.45, 7) is 4.74. The summed E-state index contributed by atoms with van der Waals surface area (Å²) in [6, 6.07) is 29.4. The quantitative estimate of drug-likeness (QED) is 0.347. The summed E-state index contributed by atoms with van der Waals surface area (Å²) in [5.74, 6) is 0.853. The summed E-state index contributed by atoms with van der Waals surface area (Å²) in [5.41, 5.74) is 9.16. The van der Waals surface area contributed by atoms with Crippen LogP contribution in [0, 0.1) is 5.92 Å². The van der Waals surface area contributed by atoms with Crippen LogP contribution in [-0.2, 0) is 5.41 Å². The standard InChI is InChI=1S/C35H34/c1-3-35(4-2,26-14-6-5-7-15-26)34-24-25(27-16-8-13-21-33(27)34)22-23-32-30-19-11-9-17-28(30)29-18-10-12-20-31(29)32/h5-21,24,30,34H,3-4,22-23H2,1-2H3. The fraction of sp³-hybridized carbons (Fsp3) is 0.257. The van der Waals surface area contributed by atoms with Crippen molar-refractivity contribution in [2.45, 2.75) is 50.9 Å². The number of hydrogen-bond donors (Lipinski definition) is 0. The van der Waals surface area contributed by atoms with Crippen molar-refractivity contribution in [1.82, 2.24) is 0 Å². The molecule has 174 valence electrons. The number of rotatable bonds is 7. The van der Waals surface area contributed by atoms with Crippen LogP contribution in [0.5, 0.6) is 0 Å². The summed E-state index contributed by atoms with van der Waals surface area (Å²) in [7, 11) is 0. The van der Waals surface area contributed by atoms with E-state index in [1.54, 1.807) is 5.57 Å². The van der Waals surface area contributed by atoms with Crippen LogP contribution in [0.2, 0.25) is 0 Å². The fourth-order valence-corrected chi connectivity index (χ4v) is 7.01. The van der Waals surface area contributed by atoms with E-state index < -0.39 is 0 Å². The molecule has 3 aromatic rings. The van der Waals surface area contributed by atoms with Gasteiger partial charge < -0.3 is 0 Å². The first-order chi connectivity index (χ1) is 17.3. The molecule has 0 aromatic heterocycles. The van der Waals surface area contributed by atoms with Gasteiger partial charge in [0.15, 0.2) is 0 Å². The minimum Gasteiger partial charge on any atom is -0.0729 e. The Morgan fingerprint density at radius 2 is 1.43 bits per heavy atom. The molecule has 6 rings (SSSR count). The predicted molar refractivity (Wildman–Crippen MR) is 149 cm³/mol. The predicted octanol–water partition coefficient (Wildman–Crippen LogP) is 7.46. The molecule has 3 aliphatic carbocycles. The smallest absolute Gasteiger partial charge is 0.0246 e. The zero-order valence-electron chi connectivity index (χ0n) is 20.9. The minimum absolute atomic E-state index is 0.129. The minimum atomic E-state index is 0.129. The summed E-state index contributed by atoms with van der Waals surface area (Å²) in [5, 5.41) is 2.87. The highest BCUT2D eigenvalue weighted by atomic mass is 14.4. The maximum absolute atomic E-state index is 2.63. The molecule has 35 heavy (non-hydrogen) atoms. The van der Waals surface area contributed by atoms with Gasteiger partial charge >= 0.3 is 0 Å². The zero-order valence-corrected chi connectivity index (χ0v) is 20.9. The highest BCUT2D eigenvalue weighted by Gasteiger charge is 2.41. The van der Waals surface area contributed by atoms with E-state index in [2.05, 4.69) is 123 Å². The molecule has 2 atom stereocenters. The normalized spacial score (nSPS) is 20.0. The molecule has 0 amide bonds. The fourth-order valence-electron chi connectivity index (χ4n) is 7.01. The number of allylic oxidation sites excluding steroid dienone is 6. The van der Waals surface area contributed by atoms with E-state index in [0.717, 1.165) is 25.7 Å². The van der Waals surface area contributed by atoms with Gasteiger partial charge in [-0.05, 0) is 64.0 Å². The van der Waals surface area contributed by atoms with Gasteiger partial charge in [-0.15, -0.1) is 0 Å². The monoisotopic (exact) mass is 454 g/mol. The van der Waals surface area contributed by atoms with Crippen molar-refractivity contribution in [2.75, 3.05) is 0 Å². The summed E-state index contributed by atoms with van der Waals surface area (Å²) >= 11 is 0. The van der Waals surface area contributed by atoms with Gasteiger partial charge in [0, 0.05) is 17.3 Å². The molecule has 0 nitrogen and oxygen atoms in total. The van der Waals surface area contributed by atoms with E-state index in [0.29, 0.717) is 11.8 Å². The molecule has 0 saturated carbocycles. The van der Waals surface area contributed by atoms with Crippen molar-refractivity contribution < 1.29 is 0 Å². The molecule has 0 saturated heterocycles. The molecule has 0 N–H and O–H groups in total. The van der Waals surface area contributed by atoms with E-state index >= 15 is 0 Å². The lowest BCUT2D eigenvalue weighted by Crippen LogP contribution is -2.31. The molecule has 3 aliphatic rings. The van der Waals surface area contributed by atoms with Gasteiger partial charge in [-0.2, -0.15) is 0 Å². The third kappa shape index (κ3) is 3.50. The Labute approximate surface area is 209 Å². The molecule has 0 aliphatic heterocycles. The molecule has 0 radical (unpaired) electrons. The van der Waals surface area contributed by atoms with Crippen LogP contribution in [0.15, 0.2) is 109 Å². The summed E-state index contributed by atoms with van der Waals surface area (Å²) in [6.07, 6.45) is 16.2. The van der Waals surface area contributed by atoms with Crippen LogP contribution >= 0.6 is 0 Å². The van der Waals surface area contributed by atoms with Crippen LogP contribution in [0.25, 0.3) is 16.7 Å². The van der Waals surface area contributed by atoms with Gasteiger partial charge in [0.25, 0.3) is 0 Å². The third-order valence-electron chi connectivity index (χ3n) is 8.86.